The Bertz CT molecular complexity index is 865. The predicted molar refractivity (Wildman–Crippen MR) is 116 cm³/mol. The molecule has 0 saturated carbocycles. The zero-order valence-electron chi connectivity index (χ0n) is 17.3. The molecule has 30 heavy (non-hydrogen) atoms. The van der Waals surface area contributed by atoms with Gasteiger partial charge in [0.25, 0.3) is 5.91 Å². The van der Waals surface area contributed by atoms with Crippen molar-refractivity contribution < 1.29 is 14.3 Å². The lowest BCUT2D eigenvalue weighted by Gasteiger charge is -2.32. The van der Waals surface area contributed by atoms with Gasteiger partial charge in [-0.15, -0.1) is 0 Å². The number of nitrogens with one attached hydrogen (secondary N) is 1. The molecule has 1 N–H and O–H groups in total. The van der Waals surface area contributed by atoms with E-state index in [1.807, 2.05) is 53.4 Å². The molecule has 0 aromatic heterocycles. The lowest BCUT2D eigenvalue weighted by Crippen LogP contribution is -2.43. The van der Waals surface area contributed by atoms with Crippen molar-refractivity contribution in [2.24, 2.45) is 5.92 Å². The zero-order chi connectivity index (χ0) is 20.8. The van der Waals surface area contributed by atoms with E-state index >= 15 is 0 Å². The maximum absolute atomic E-state index is 13.1. The third kappa shape index (κ3) is 5.26. The molecule has 1 unspecified atom stereocenters. The Balaban J connectivity index is 1.38. The van der Waals surface area contributed by atoms with E-state index in [9.17, 15) is 9.59 Å². The van der Waals surface area contributed by atoms with Gasteiger partial charge in [-0.05, 0) is 42.7 Å². The van der Waals surface area contributed by atoms with E-state index in [0.29, 0.717) is 18.7 Å². The fourth-order valence-electron chi connectivity index (χ4n) is 4.14. The minimum Gasteiger partial charge on any atom is -0.379 e. The quantitative estimate of drug-likeness (QED) is 0.828. The van der Waals surface area contributed by atoms with E-state index in [-0.39, 0.29) is 17.7 Å². The summed E-state index contributed by atoms with van der Waals surface area (Å²) in [6.45, 7) is 5.35. The van der Waals surface area contributed by atoms with E-state index in [0.717, 1.165) is 56.9 Å². The SMILES string of the molecule is O=C(Nc1ccccc1)C1CCCN(C(=O)c2cccc(CN3CCOCC3)c2)C1. The van der Waals surface area contributed by atoms with Gasteiger partial charge >= 0.3 is 0 Å². The number of likely N-dealkylation sites (tertiary alicyclic amines) is 1. The highest BCUT2D eigenvalue weighted by atomic mass is 16.5. The first-order chi connectivity index (χ1) is 14.7. The number of hydrogen-bond donors (Lipinski definition) is 1. The number of rotatable bonds is 5. The number of para-hydroxylation sites is 1. The van der Waals surface area contributed by atoms with Gasteiger partial charge in [0.1, 0.15) is 0 Å². The number of anilines is 1. The summed E-state index contributed by atoms with van der Waals surface area (Å²) in [6, 6.07) is 17.4. The molecular formula is C24H29N3O3. The summed E-state index contributed by atoms with van der Waals surface area (Å²) < 4.78 is 5.41. The molecule has 2 heterocycles. The van der Waals surface area contributed by atoms with E-state index in [2.05, 4.69) is 16.3 Å². The molecule has 2 aliphatic rings. The Hall–Kier alpha value is -2.70. The monoisotopic (exact) mass is 407 g/mol. The molecule has 158 valence electrons. The summed E-state index contributed by atoms with van der Waals surface area (Å²) in [7, 11) is 0. The van der Waals surface area contributed by atoms with Gasteiger partial charge in [-0.3, -0.25) is 14.5 Å². The van der Waals surface area contributed by atoms with Crippen LogP contribution in [0.5, 0.6) is 0 Å². The van der Waals surface area contributed by atoms with Crippen molar-refractivity contribution in [3.63, 3.8) is 0 Å². The number of carbonyl (C=O) groups excluding carboxylic acids is 2. The molecule has 0 spiro atoms. The number of ether oxygens (including phenoxy) is 1. The topological polar surface area (TPSA) is 61.9 Å². The average molecular weight is 408 g/mol. The summed E-state index contributed by atoms with van der Waals surface area (Å²) in [5.41, 5.74) is 2.63. The van der Waals surface area contributed by atoms with Crippen LogP contribution < -0.4 is 5.32 Å². The average Bonchev–Trinajstić information content (AvgIpc) is 2.80. The van der Waals surface area contributed by atoms with Gasteiger partial charge in [0, 0.05) is 44.0 Å². The summed E-state index contributed by atoms with van der Waals surface area (Å²) >= 11 is 0. The minimum atomic E-state index is -0.181. The number of piperidine rings is 1. The molecule has 0 bridgehead atoms. The second kappa shape index (κ2) is 9.87. The fraction of sp³-hybridized carbons (Fsp3) is 0.417. The Labute approximate surface area is 177 Å². The highest BCUT2D eigenvalue weighted by molar-refractivity contribution is 5.96. The standard InChI is InChI=1S/C24H29N3O3/c28-23(25-22-9-2-1-3-10-22)21-8-5-11-27(18-21)24(29)20-7-4-6-19(16-20)17-26-12-14-30-15-13-26/h1-4,6-7,9-10,16,21H,5,8,11-15,17-18H2,(H,25,28). The van der Waals surface area contributed by atoms with Gasteiger partial charge in [-0.2, -0.15) is 0 Å². The van der Waals surface area contributed by atoms with Gasteiger partial charge in [-0.1, -0.05) is 30.3 Å². The van der Waals surface area contributed by atoms with Crippen molar-refractivity contribution in [3.8, 4) is 0 Å². The lowest BCUT2D eigenvalue weighted by molar-refractivity contribution is -0.121. The first kappa shape index (κ1) is 20.6. The van der Waals surface area contributed by atoms with Gasteiger partial charge in [0.05, 0.1) is 19.1 Å². The van der Waals surface area contributed by atoms with Crippen LogP contribution in [0.25, 0.3) is 0 Å². The molecular weight excluding hydrogens is 378 g/mol. The highest BCUT2D eigenvalue weighted by Crippen LogP contribution is 2.21. The van der Waals surface area contributed by atoms with Crippen molar-refractivity contribution in [1.82, 2.24) is 9.80 Å². The molecule has 2 aromatic rings. The fourth-order valence-corrected chi connectivity index (χ4v) is 4.14. The van der Waals surface area contributed by atoms with Gasteiger partial charge in [0.2, 0.25) is 5.91 Å². The van der Waals surface area contributed by atoms with Crippen LogP contribution in [0.4, 0.5) is 5.69 Å². The van der Waals surface area contributed by atoms with Gasteiger partial charge < -0.3 is 15.0 Å². The van der Waals surface area contributed by atoms with Crippen LogP contribution in [0.1, 0.15) is 28.8 Å². The number of benzene rings is 2. The molecule has 2 amide bonds. The van der Waals surface area contributed by atoms with E-state index in [4.69, 9.17) is 4.74 Å². The molecule has 6 nitrogen and oxygen atoms in total. The van der Waals surface area contributed by atoms with Crippen molar-refractivity contribution in [2.45, 2.75) is 19.4 Å². The van der Waals surface area contributed by atoms with E-state index in [1.54, 1.807) is 0 Å². The number of morpholine rings is 1. The van der Waals surface area contributed by atoms with Crippen LogP contribution in [-0.2, 0) is 16.1 Å². The number of hydrogen-bond acceptors (Lipinski definition) is 4. The van der Waals surface area contributed by atoms with Crippen LogP contribution in [0, 0.1) is 5.92 Å². The smallest absolute Gasteiger partial charge is 0.253 e. The molecule has 2 saturated heterocycles. The molecule has 1 atom stereocenters. The van der Waals surface area contributed by atoms with Gasteiger partial charge in [-0.25, -0.2) is 0 Å². The van der Waals surface area contributed by atoms with Crippen LogP contribution >= 0.6 is 0 Å². The number of amides is 2. The molecule has 0 radical (unpaired) electrons. The third-order valence-electron chi connectivity index (χ3n) is 5.80. The molecule has 0 aliphatic carbocycles. The van der Waals surface area contributed by atoms with E-state index < -0.39 is 0 Å². The maximum Gasteiger partial charge on any atom is 0.253 e. The Morgan fingerprint density at radius 3 is 2.60 bits per heavy atom. The summed E-state index contributed by atoms with van der Waals surface area (Å²) in [5.74, 6) is -0.185. The van der Waals surface area contributed by atoms with E-state index in [1.165, 1.54) is 0 Å². The maximum atomic E-state index is 13.1. The van der Waals surface area contributed by atoms with Crippen LogP contribution in [0.15, 0.2) is 54.6 Å². The largest absolute Gasteiger partial charge is 0.379 e. The lowest BCUT2D eigenvalue weighted by atomic mass is 9.96. The summed E-state index contributed by atoms with van der Waals surface area (Å²) in [6.07, 6.45) is 1.64. The van der Waals surface area contributed by atoms with Crippen LogP contribution in [0.3, 0.4) is 0 Å². The Kier molecular flexibility index (Phi) is 6.77. The predicted octanol–water partition coefficient (Wildman–Crippen LogP) is 3.01. The first-order valence-corrected chi connectivity index (χ1v) is 10.7. The second-order valence-corrected chi connectivity index (χ2v) is 8.03. The van der Waals surface area contributed by atoms with Crippen LogP contribution in [-0.4, -0.2) is 61.0 Å². The van der Waals surface area contributed by atoms with Crippen molar-refractivity contribution in [2.75, 3.05) is 44.7 Å². The normalized spacial score (nSPS) is 20.0. The zero-order valence-corrected chi connectivity index (χ0v) is 17.3. The molecule has 2 aliphatic heterocycles. The number of nitrogens with zero attached hydrogens (tertiary/aromatic N) is 2. The first-order valence-electron chi connectivity index (χ1n) is 10.7. The molecule has 2 fully saturated rings. The van der Waals surface area contributed by atoms with Crippen molar-refractivity contribution in [3.05, 3.63) is 65.7 Å². The van der Waals surface area contributed by atoms with Crippen molar-refractivity contribution >= 4 is 17.5 Å². The molecule has 2 aromatic carbocycles. The Morgan fingerprint density at radius 2 is 1.80 bits per heavy atom. The molecule has 4 rings (SSSR count). The van der Waals surface area contributed by atoms with Crippen molar-refractivity contribution in [1.29, 1.82) is 0 Å². The van der Waals surface area contributed by atoms with Gasteiger partial charge in [0.15, 0.2) is 0 Å². The minimum absolute atomic E-state index is 0.0102. The Morgan fingerprint density at radius 1 is 1.00 bits per heavy atom. The summed E-state index contributed by atoms with van der Waals surface area (Å²) in [5, 5.41) is 2.97. The molecule has 6 heteroatoms. The van der Waals surface area contributed by atoms with Crippen LogP contribution in [0.2, 0.25) is 0 Å². The number of carbonyl (C=O) groups is 2. The third-order valence-corrected chi connectivity index (χ3v) is 5.80. The second-order valence-electron chi connectivity index (χ2n) is 8.03. The summed E-state index contributed by atoms with van der Waals surface area (Å²) in [4.78, 5) is 30.0. The highest BCUT2D eigenvalue weighted by Gasteiger charge is 2.29.